The fourth-order valence-electron chi connectivity index (χ4n) is 2.98. The quantitative estimate of drug-likeness (QED) is 0.422. The van der Waals surface area contributed by atoms with Gasteiger partial charge < -0.3 is 15.0 Å². The Morgan fingerprint density at radius 1 is 1.21 bits per heavy atom. The lowest BCUT2D eigenvalue weighted by atomic mass is 10.1. The molecule has 0 radical (unpaired) electrons. The van der Waals surface area contributed by atoms with Gasteiger partial charge in [-0.1, -0.05) is 24.3 Å². The molecule has 0 unspecified atom stereocenters. The molecule has 8 heteroatoms. The van der Waals surface area contributed by atoms with Crippen molar-refractivity contribution in [3.63, 3.8) is 0 Å². The lowest BCUT2D eigenvalue weighted by Crippen LogP contribution is -2.26. The molecule has 0 amide bonds. The Morgan fingerprint density at radius 3 is 2.59 bits per heavy atom. The van der Waals surface area contributed by atoms with Gasteiger partial charge in [-0.25, -0.2) is 4.98 Å². The van der Waals surface area contributed by atoms with Crippen molar-refractivity contribution in [2.45, 2.75) is 6.54 Å². The summed E-state index contributed by atoms with van der Waals surface area (Å²) in [5.74, 6) is 0.241. The van der Waals surface area contributed by atoms with Crippen molar-refractivity contribution < 1.29 is 9.66 Å². The summed E-state index contributed by atoms with van der Waals surface area (Å²) in [6, 6.07) is 13.3. The summed E-state index contributed by atoms with van der Waals surface area (Å²) in [5.41, 5.74) is 3.77. The average molecular weight is 413 g/mol. The Labute approximate surface area is 174 Å². The largest absolute Gasteiger partial charge is 0.490 e. The van der Waals surface area contributed by atoms with Crippen molar-refractivity contribution in [2.75, 3.05) is 34.3 Å². The minimum atomic E-state index is -0.441. The Hall–Kier alpha value is -2.81. The van der Waals surface area contributed by atoms with Gasteiger partial charge in [-0.2, -0.15) is 0 Å². The minimum Gasteiger partial charge on any atom is -0.490 e. The second-order valence-electron chi connectivity index (χ2n) is 6.72. The monoisotopic (exact) mass is 412 g/mol. The molecular weight excluding hydrogens is 388 g/mol. The van der Waals surface area contributed by atoms with Crippen LogP contribution in [0.2, 0.25) is 0 Å². The molecule has 3 aromatic rings. The SMILES string of the molecule is CNCCN(C)Cc1ccc(-c2csc(-c3ccc(OC)c([N+](=O)[O-])c3)n2)cc1. The van der Waals surface area contributed by atoms with E-state index in [2.05, 4.69) is 46.5 Å². The van der Waals surface area contributed by atoms with E-state index in [1.807, 2.05) is 12.4 Å². The van der Waals surface area contributed by atoms with Gasteiger partial charge in [-0.15, -0.1) is 11.3 Å². The number of ether oxygens (including phenoxy) is 1. The van der Waals surface area contributed by atoms with Gasteiger partial charge in [-0.05, 0) is 31.8 Å². The maximum absolute atomic E-state index is 11.3. The third-order valence-electron chi connectivity index (χ3n) is 4.57. The zero-order valence-electron chi connectivity index (χ0n) is 16.7. The minimum absolute atomic E-state index is 0.0616. The number of aromatic nitrogens is 1. The third kappa shape index (κ3) is 5.17. The summed E-state index contributed by atoms with van der Waals surface area (Å²) in [5, 5.41) is 17.1. The first kappa shape index (κ1) is 20.9. The van der Waals surface area contributed by atoms with Crippen LogP contribution in [0.15, 0.2) is 47.8 Å². The average Bonchev–Trinajstić information content (AvgIpc) is 3.22. The number of hydrogen-bond donors (Lipinski definition) is 1. The van der Waals surface area contributed by atoms with Crippen LogP contribution in [0.4, 0.5) is 5.69 Å². The summed E-state index contributed by atoms with van der Waals surface area (Å²) >= 11 is 1.47. The van der Waals surface area contributed by atoms with Crippen molar-refractivity contribution in [1.82, 2.24) is 15.2 Å². The fourth-order valence-corrected chi connectivity index (χ4v) is 3.81. The molecular formula is C21H24N4O3S. The number of nitrogens with zero attached hydrogens (tertiary/aromatic N) is 3. The van der Waals surface area contributed by atoms with Crippen molar-refractivity contribution in [2.24, 2.45) is 0 Å². The number of nitro benzene ring substituents is 1. The van der Waals surface area contributed by atoms with Crippen LogP contribution in [0.5, 0.6) is 5.75 Å². The lowest BCUT2D eigenvalue weighted by Gasteiger charge is -2.16. The molecule has 0 aliphatic carbocycles. The Kier molecular flexibility index (Phi) is 6.92. The number of nitrogens with one attached hydrogen (secondary N) is 1. The molecule has 3 rings (SSSR count). The van der Waals surface area contributed by atoms with Gasteiger partial charge in [0, 0.05) is 42.2 Å². The molecule has 0 fully saturated rings. The standard InChI is InChI=1S/C21H24N4O3S/c1-22-10-11-24(2)13-15-4-6-16(7-5-15)18-14-29-21(23-18)17-8-9-20(28-3)19(12-17)25(26)27/h4-9,12,14,22H,10-11,13H2,1-3H3. The molecule has 0 aliphatic rings. The smallest absolute Gasteiger partial charge is 0.311 e. The van der Waals surface area contributed by atoms with E-state index in [0.29, 0.717) is 5.56 Å². The van der Waals surface area contributed by atoms with Crippen LogP contribution in [0.1, 0.15) is 5.56 Å². The van der Waals surface area contributed by atoms with Gasteiger partial charge in [0.2, 0.25) is 0 Å². The van der Waals surface area contributed by atoms with Gasteiger partial charge >= 0.3 is 5.69 Å². The predicted octanol–water partition coefficient (Wildman–Crippen LogP) is 4.05. The van der Waals surface area contributed by atoms with E-state index in [0.717, 1.165) is 35.9 Å². The van der Waals surface area contributed by atoms with E-state index in [-0.39, 0.29) is 11.4 Å². The molecule has 0 aliphatic heterocycles. The summed E-state index contributed by atoms with van der Waals surface area (Å²) in [6.07, 6.45) is 0. The first-order valence-electron chi connectivity index (χ1n) is 9.22. The van der Waals surface area contributed by atoms with Gasteiger partial charge in [0.1, 0.15) is 5.01 Å². The lowest BCUT2D eigenvalue weighted by molar-refractivity contribution is -0.385. The predicted molar refractivity (Wildman–Crippen MR) is 116 cm³/mol. The topological polar surface area (TPSA) is 80.5 Å². The maximum atomic E-state index is 11.3. The molecule has 2 aromatic carbocycles. The van der Waals surface area contributed by atoms with Crippen LogP contribution >= 0.6 is 11.3 Å². The highest BCUT2D eigenvalue weighted by atomic mass is 32.1. The highest BCUT2D eigenvalue weighted by molar-refractivity contribution is 7.13. The summed E-state index contributed by atoms with van der Waals surface area (Å²) < 4.78 is 5.07. The highest BCUT2D eigenvalue weighted by Gasteiger charge is 2.17. The first-order chi connectivity index (χ1) is 14.0. The van der Waals surface area contributed by atoms with Crippen LogP contribution in [0, 0.1) is 10.1 Å². The Bertz CT molecular complexity index is 972. The van der Waals surface area contributed by atoms with Crippen molar-refractivity contribution in [3.05, 3.63) is 63.5 Å². The number of methoxy groups -OCH3 is 1. The molecule has 0 bridgehead atoms. The summed E-state index contributed by atoms with van der Waals surface area (Å²) in [7, 11) is 5.48. The second kappa shape index (κ2) is 9.60. The summed E-state index contributed by atoms with van der Waals surface area (Å²) in [6.45, 7) is 2.83. The highest BCUT2D eigenvalue weighted by Crippen LogP contribution is 2.35. The molecule has 152 valence electrons. The number of benzene rings is 2. The molecule has 7 nitrogen and oxygen atoms in total. The van der Waals surface area contributed by atoms with E-state index in [9.17, 15) is 10.1 Å². The molecule has 1 N–H and O–H groups in total. The van der Waals surface area contributed by atoms with Crippen molar-refractivity contribution in [3.8, 4) is 27.6 Å². The van der Waals surface area contributed by atoms with Crippen LogP contribution in [0.25, 0.3) is 21.8 Å². The molecule has 1 heterocycles. The Balaban J connectivity index is 1.76. The maximum Gasteiger partial charge on any atom is 0.311 e. The van der Waals surface area contributed by atoms with E-state index in [4.69, 9.17) is 4.74 Å². The van der Waals surface area contributed by atoms with Gasteiger partial charge in [0.15, 0.2) is 5.75 Å². The molecule has 0 atom stereocenters. The zero-order chi connectivity index (χ0) is 20.8. The van der Waals surface area contributed by atoms with Gasteiger partial charge in [-0.3, -0.25) is 10.1 Å². The van der Waals surface area contributed by atoms with Crippen LogP contribution in [0.3, 0.4) is 0 Å². The molecule has 29 heavy (non-hydrogen) atoms. The van der Waals surface area contributed by atoms with Crippen LogP contribution in [-0.2, 0) is 6.54 Å². The number of likely N-dealkylation sites (N-methyl/N-ethyl adjacent to an activating group) is 2. The number of hydrogen-bond acceptors (Lipinski definition) is 7. The molecule has 0 saturated heterocycles. The first-order valence-corrected chi connectivity index (χ1v) is 10.1. The number of rotatable bonds is 9. The molecule has 1 aromatic heterocycles. The van der Waals surface area contributed by atoms with Crippen molar-refractivity contribution >= 4 is 17.0 Å². The number of thiazole rings is 1. The van der Waals surface area contributed by atoms with E-state index in [1.165, 1.54) is 30.1 Å². The van der Waals surface area contributed by atoms with Gasteiger partial charge in [0.05, 0.1) is 17.7 Å². The second-order valence-corrected chi connectivity index (χ2v) is 7.58. The third-order valence-corrected chi connectivity index (χ3v) is 5.46. The van der Waals surface area contributed by atoms with E-state index >= 15 is 0 Å². The zero-order valence-corrected chi connectivity index (χ0v) is 17.5. The molecule has 0 spiro atoms. The van der Waals surface area contributed by atoms with Gasteiger partial charge in [0.25, 0.3) is 0 Å². The number of nitro groups is 1. The van der Waals surface area contributed by atoms with Crippen LogP contribution < -0.4 is 10.1 Å². The normalized spacial score (nSPS) is 11.0. The summed E-state index contributed by atoms with van der Waals surface area (Å²) in [4.78, 5) is 17.8. The fraction of sp³-hybridized carbons (Fsp3) is 0.286. The van der Waals surface area contributed by atoms with E-state index in [1.54, 1.807) is 12.1 Å². The van der Waals surface area contributed by atoms with E-state index < -0.39 is 4.92 Å². The Morgan fingerprint density at radius 2 is 1.93 bits per heavy atom. The molecule has 0 saturated carbocycles. The van der Waals surface area contributed by atoms with Crippen molar-refractivity contribution in [1.29, 1.82) is 0 Å². The van der Waals surface area contributed by atoms with Crippen LogP contribution in [-0.4, -0.2) is 49.1 Å².